The SMILES string of the molecule is Cc1ccccc1Cc1noc(CC(O)CC#N)n1. The van der Waals surface area contributed by atoms with E-state index in [0.717, 1.165) is 5.56 Å². The Morgan fingerprint density at radius 1 is 1.42 bits per heavy atom. The molecule has 1 aromatic carbocycles. The van der Waals surface area contributed by atoms with Crippen LogP contribution in [-0.2, 0) is 12.8 Å². The van der Waals surface area contributed by atoms with Gasteiger partial charge in [-0.15, -0.1) is 0 Å². The van der Waals surface area contributed by atoms with Crippen LogP contribution in [0.25, 0.3) is 0 Å². The minimum absolute atomic E-state index is 0.0650. The Balaban J connectivity index is 2.02. The molecule has 0 aliphatic carbocycles. The summed E-state index contributed by atoms with van der Waals surface area (Å²) in [7, 11) is 0. The molecule has 0 amide bonds. The highest BCUT2D eigenvalue weighted by Crippen LogP contribution is 2.12. The molecule has 5 nitrogen and oxygen atoms in total. The van der Waals surface area contributed by atoms with Crippen LogP contribution in [0.1, 0.15) is 29.3 Å². The lowest BCUT2D eigenvalue weighted by atomic mass is 10.1. The largest absolute Gasteiger partial charge is 0.392 e. The van der Waals surface area contributed by atoms with Crippen molar-refractivity contribution in [1.29, 1.82) is 5.26 Å². The maximum Gasteiger partial charge on any atom is 0.229 e. The third-order valence-corrected chi connectivity index (χ3v) is 2.86. The van der Waals surface area contributed by atoms with Crippen molar-refractivity contribution in [3.8, 4) is 6.07 Å². The van der Waals surface area contributed by atoms with E-state index in [2.05, 4.69) is 10.1 Å². The van der Waals surface area contributed by atoms with Crippen LogP contribution >= 0.6 is 0 Å². The predicted octanol–water partition coefficient (Wildman–Crippen LogP) is 1.79. The van der Waals surface area contributed by atoms with Gasteiger partial charge in [-0.1, -0.05) is 29.4 Å². The monoisotopic (exact) mass is 257 g/mol. The quantitative estimate of drug-likeness (QED) is 0.882. The lowest BCUT2D eigenvalue weighted by Gasteiger charge is -2.01. The zero-order valence-corrected chi connectivity index (χ0v) is 10.7. The van der Waals surface area contributed by atoms with Gasteiger partial charge in [-0.2, -0.15) is 10.2 Å². The van der Waals surface area contributed by atoms with Crippen LogP contribution in [-0.4, -0.2) is 21.4 Å². The standard InChI is InChI=1S/C14H15N3O2/c1-10-4-2-3-5-11(10)8-13-16-14(19-17-13)9-12(18)6-7-15/h2-5,12,18H,6,8-9H2,1H3. The van der Waals surface area contributed by atoms with Gasteiger partial charge in [0, 0.05) is 6.42 Å². The first-order chi connectivity index (χ1) is 9.19. The van der Waals surface area contributed by atoms with Crippen LogP contribution in [0.2, 0.25) is 0 Å². The van der Waals surface area contributed by atoms with Gasteiger partial charge < -0.3 is 9.63 Å². The summed E-state index contributed by atoms with van der Waals surface area (Å²) in [5.41, 5.74) is 2.32. The number of aliphatic hydroxyl groups excluding tert-OH is 1. The summed E-state index contributed by atoms with van der Waals surface area (Å²) in [4.78, 5) is 4.22. The molecule has 2 rings (SSSR count). The highest BCUT2D eigenvalue weighted by Gasteiger charge is 2.12. The van der Waals surface area contributed by atoms with E-state index in [9.17, 15) is 5.11 Å². The number of rotatable bonds is 5. The molecular weight excluding hydrogens is 242 g/mol. The van der Waals surface area contributed by atoms with Gasteiger partial charge in [0.2, 0.25) is 5.89 Å². The summed E-state index contributed by atoms with van der Waals surface area (Å²) in [5.74, 6) is 0.958. The second kappa shape index (κ2) is 6.12. The molecule has 19 heavy (non-hydrogen) atoms. The first-order valence-electron chi connectivity index (χ1n) is 6.10. The Kier molecular flexibility index (Phi) is 4.26. The zero-order valence-electron chi connectivity index (χ0n) is 10.7. The summed E-state index contributed by atoms with van der Waals surface area (Å²) in [6, 6.07) is 9.92. The van der Waals surface area contributed by atoms with Gasteiger partial charge in [-0.05, 0) is 18.1 Å². The fraction of sp³-hybridized carbons (Fsp3) is 0.357. The van der Waals surface area contributed by atoms with E-state index in [0.29, 0.717) is 18.1 Å². The van der Waals surface area contributed by atoms with Crippen LogP contribution in [0.5, 0.6) is 0 Å². The second-order valence-electron chi connectivity index (χ2n) is 4.43. The molecule has 1 N–H and O–H groups in total. The molecule has 5 heteroatoms. The van der Waals surface area contributed by atoms with Crippen molar-refractivity contribution < 1.29 is 9.63 Å². The number of hydrogen-bond acceptors (Lipinski definition) is 5. The Morgan fingerprint density at radius 3 is 2.95 bits per heavy atom. The molecule has 1 aromatic heterocycles. The highest BCUT2D eigenvalue weighted by atomic mass is 16.5. The van der Waals surface area contributed by atoms with Gasteiger partial charge in [0.05, 0.1) is 25.0 Å². The molecule has 0 bridgehead atoms. The van der Waals surface area contributed by atoms with Crippen LogP contribution in [0, 0.1) is 18.3 Å². The zero-order chi connectivity index (χ0) is 13.7. The van der Waals surface area contributed by atoms with E-state index in [1.54, 1.807) is 0 Å². The maximum atomic E-state index is 9.50. The average molecular weight is 257 g/mol. The van der Waals surface area contributed by atoms with E-state index < -0.39 is 6.10 Å². The molecule has 0 aliphatic rings. The van der Waals surface area contributed by atoms with E-state index >= 15 is 0 Å². The first-order valence-corrected chi connectivity index (χ1v) is 6.10. The van der Waals surface area contributed by atoms with Crippen molar-refractivity contribution in [2.24, 2.45) is 0 Å². The Hall–Kier alpha value is -2.19. The number of nitriles is 1. The van der Waals surface area contributed by atoms with E-state index in [1.807, 2.05) is 37.3 Å². The normalized spacial score (nSPS) is 12.1. The number of benzene rings is 1. The summed E-state index contributed by atoms with van der Waals surface area (Å²) in [6.07, 6.45) is 0.130. The minimum Gasteiger partial charge on any atom is -0.392 e. The van der Waals surface area contributed by atoms with Crippen molar-refractivity contribution in [3.63, 3.8) is 0 Å². The molecule has 0 saturated heterocycles. The second-order valence-corrected chi connectivity index (χ2v) is 4.43. The Morgan fingerprint density at radius 2 is 2.21 bits per heavy atom. The molecule has 1 heterocycles. The third kappa shape index (κ3) is 3.63. The predicted molar refractivity (Wildman–Crippen MR) is 68.2 cm³/mol. The van der Waals surface area contributed by atoms with Gasteiger partial charge in [-0.25, -0.2) is 0 Å². The van der Waals surface area contributed by atoms with E-state index in [4.69, 9.17) is 9.78 Å². The molecule has 1 unspecified atom stereocenters. The smallest absolute Gasteiger partial charge is 0.229 e. The fourth-order valence-electron chi connectivity index (χ4n) is 1.80. The first kappa shape index (κ1) is 13.2. The van der Waals surface area contributed by atoms with Crippen molar-refractivity contribution in [2.75, 3.05) is 0 Å². The summed E-state index contributed by atoms with van der Waals surface area (Å²) in [5, 5.41) is 21.8. The summed E-state index contributed by atoms with van der Waals surface area (Å²) in [6.45, 7) is 2.03. The summed E-state index contributed by atoms with van der Waals surface area (Å²) < 4.78 is 5.06. The Bertz CT molecular complexity index is 586. The molecule has 0 aliphatic heterocycles. The van der Waals surface area contributed by atoms with Gasteiger partial charge in [-0.3, -0.25) is 0 Å². The van der Waals surface area contributed by atoms with Crippen molar-refractivity contribution in [1.82, 2.24) is 10.1 Å². The van der Waals surface area contributed by atoms with Crippen LogP contribution in [0.4, 0.5) is 0 Å². The number of hydrogen-bond donors (Lipinski definition) is 1. The average Bonchev–Trinajstić information content (AvgIpc) is 2.80. The van der Waals surface area contributed by atoms with Gasteiger partial charge in [0.15, 0.2) is 5.82 Å². The minimum atomic E-state index is -0.753. The highest BCUT2D eigenvalue weighted by molar-refractivity contribution is 5.27. The number of aliphatic hydroxyl groups is 1. The van der Waals surface area contributed by atoms with Crippen molar-refractivity contribution in [3.05, 3.63) is 47.1 Å². The lowest BCUT2D eigenvalue weighted by Crippen LogP contribution is -2.09. The molecule has 2 aromatic rings. The molecule has 98 valence electrons. The molecule has 0 radical (unpaired) electrons. The van der Waals surface area contributed by atoms with Gasteiger partial charge >= 0.3 is 0 Å². The van der Waals surface area contributed by atoms with Crippen molar-refractivity contribution >= 4 is 0 Å². The third-order valence-electron chi connectivity index (χ3n) is 2.86. The van der Waals surface area contributed by atoms with E-state index in [1.165, 1.54) is 5.56 Å². The van der Waals surface area contributed by atoms with Gasteiger partial charge in [0.25, 0.3) is 0 Å². The number of aromatic nitrogens is 2. The molecule has 1 atom stereocenters. The molecule has 0 saturated carbocycles. The molecule has 0 fully saturated rings. The Labute approximate surface area is 111 Å². The summed E-state index contributed by atoms with van der Waals surface area (Å²) >= 11 is 0. The maximum absolute atomic E-state index is 9.50. The lowest BCUT2D eigenvalue weighted by molar-refractivity contribution is 0.167. The van der Waals surface area contributed by atoms with Crippen LogP contribution < -0.4 is 0 Å². The molecule has 0 spiro atoms. The topological polar surface area (TPSA) is 82.9 Å². The van der Waals surface area contributed by atoms with Crippen LogP contribution in [0.3, 0.4) is 0 Å². The van der Waals surface area contributed by atoms with Gasteiger partial charge in [0.1, 0.15) is 0 Å². The van der Waals surface area contributed by atoms with E-state index in [-0.39, 0.29) is 12.8 Å². The van der Waals surface area contributed by atoms with Crippen LogP contribution in [0.15, 0.2) is 28.8 Å². The molecular formula is C14H15N3O2. The van der Waals surface area contributed by atoms with Crippen molar-refractivity contribution in [2.45, 2.75) is 32.3 Å². The number of aryl methyl sites for hydroxylation is 1. The fourth-order valence-corrected chi connectivity index (χ4v) is 1.80. The number of nitrogens with zero attached hydrogens (tertiary/aromatic N) is 3.